The molecule has 17 heavy (non-hydrogen) atoms. The van der Waals surface area contributed by atoms with Gasteiger partial charge in [-0.05, 0) is 40.8 Å². The number of rotatable bonds is 4. The molecule has 0 radical (unpaired) electrons. The molecule has 88 valence electrons. The molecule has 2 aromatic rings. The number of nitrogens with zero attached hydrogens (tertiary/aromatic N) is 2. The van der Waals surface area contributed by atoms with Gasteiger partial charge in [0.05, 0.1) is 5.56 Å². The van der Waals surface area contributed by atoms with Crippen LogP contribution in [0.15, 0.2) is 43.0 Å². The van der Waals surface area contributed by atoms with E-state index in [0.29, 0.717) is 12.1 Å². The van der Waals surface area contributed by atoms with Crippen molar-refractivity contribution < 1.29 is 4.79 Å². The average Bonchev–Trinajstić information content (AvgIpc) is 2.82. The molecular weight excluding hydrogens is 329 g/mol. The summed E-state index contributed by atoms with van der Waals surface area (Å²) in [4.78, 5) is 15.8. The summed E-state index contributed by atoms with van der Waals surface area (Å²) < 4.78 is 2.89. The lowest BCUT2D eigenvalue weighted by Crippen LogP contribution is -2.27. The third-order valence-corrected chi connectivity index (χ3v) is 3.20. The first-order valence-electron chi connectivity index (χ1n) is 5.26. The van der Waals surface area contributed by atoms with Gasteiger partial charge in [-0.25, -0.2) is 0 Å². The summed E-state index contributed by atoms with van der Waals surface area (Å²) in [5.74, 6) is -0.0519. The van der Waals surface area contributed by atoms with Crippen LogP contribution in [0.5, 0.6) is 0 Å². The van der Waals surface area contributed by atoms with Gasteiger partial charge in [0.1, 0.15) is 0 Å². The zero-order valence-corrected chi connectivity index (χ0v) is 11.3. The van der Waals surface area contributed by atoms with Crippen LogP contribution in [0.25, 0.3) is 0 Å². The van der Waals surface area contributed by atoms with Gasteiger partial charge in [-0.3, -0.25) is 9.78 Å². The number of hydrogen-bond donors (Lipinski definition) is 1. The van der Waals surface area contributed by atoms with Crippen molar-refractivity contribution in [2.75, 3.05) is 6.54 Å². The number of amides is 1. The van der Waals surface area contributed by atoms with Crippen molar-refractivity contribution in [3.8, 4) is 0 Å². The molecule has 2 rings (SSSR count). The normalized spacial score (nSPS) is 10.2. The molecule has 1 amide bonds. The molecule has 0 saturated heterocycles. The van der Waals surface area contributed by atoms with E-state index in [9.17, 15) is 4.79 Å². The molecule has 2 aromatic heterocycles. The van der Waals surface area contributed by atoms with Crippen molar-refractivity contribution >= 4 is 28.5 Å². The minimum absolute atomic E-state index is 0.0519. The number of carbonyl (C=O) groups excluding carboxylic acids is 1. The molecule has 1 N–H and O–H groups in total. The van der Waals surface area contributed by atoms with E-state index in [0.717, 1.165) is 10.1 Å². The Morgan fingerprint density at radius 2 is 2.18 bits per heavy atom. The minimum Gasteiger partial charge on any atom is -0.353 e. The van der Waals surface area contributed by atoms with Gasteiger partial charge in [-0.15, -0.1) is 0 Å². The number of aromatic nitrogens is 2. The van der Waals surface area contributed by atoms with Crippen LogP contribution >= 0.6 is 22.6 Å². The van der Waals surface area contributed by atoms with Gasteiger partial charge >= 0.3 is 0 Å². The van der Waals surface area contributed by atoms with E-state index in [2.05, 4.69) is 32.9 Å². The molecule has 0 aliphatic carbocycles. The van der Waals surface area contributed by atoms with Gasteiger partial charge in [0.15, 0.2) is 0 Å². The highest BCUT2D eigenvalue weighted by Crippen LogP contribution is 2.09. The summed E-state index contributed by atoms with van der Waals surface area (Å²) in [6.07, 6.45) is 7.26. The Balaban J connectivity index is 1.88. The third kappa shape index (κ3) is 3.29. The van der Waals surface area contributed by atoms with Crippen LogP contribution in [-0.2, 0) is 6.54 Å². The Hall–Kier alpha value is -1.37. The van der Waals surface area contributed by atoms with E-state index < -0.39 is 0 Å². The Kier molecular flexibility index (Phi) is 4.13. The van der Waals surface area contributed by atoms with Crippen molar-refractivity contribution in [1.82, 2.24) is 14.9 Å². The molecule has 0 aliphatic heterocycles. The fourth-order valence-electron chi connectivity index (χ4n) is 1.47. The van der Waals surface area contributed by atoms with Crippen LogP contribution in [-0.4, -0.2) is 22.0 Å². The lowest BCUT2D eigenvalue weighted by Gasteiger charge is -2.07. The fraction of sp³-hybridized carbons (Fsp3) is 0.167. The molecule has 0 bridgehead atoms. The zero-order chi connectivity index (χ0) is 12.1. The number of carbonyl (C=O) groups is 1. The summed E-state index contributed by atoms with van der Waals surface area (Å²) in [5.41, 5.74) is 0.674. The molecule has 0 unspecified atom stereocenters. The van der Waals surface area contributed by atoms with Gasteiger partial charge in [-0.2, -0.15) is 0 Å². The van der Waals surface area contributed by atoms with E-state index in [1.54, 1.807) is 18.5 Å². The molecule has 0 saturated carbocycles. The van der Waals surface area contributed by atoms with E-state index in [4.69, 9.17) is 0 Å². The van der Waals surface area contributed by atoms with Crippen LogP contribution in [0.1, 0.15) is 10.4 Å². The predicted molar refractivity (Wildman–Crippen MR) is 73.7 cm³/mol. The molecule has 0 fully saturated rings. The first-order valence-corrected chi connectivity index (χ1v) is 6.34. The number of pyridine rings is 1. The maximum absolute atomic E-state index is 11.8. The van der Waals surface area contributed by atoms with Crippen LogP contribution in [0, 0.1) is 3.57 Å². The maximum atomic E-state index is 11.8. The Morgan fingerprint density at radius 3 is 2.88 bits per heavy atom. The van der Waals surface area contributed by atoms with E-state index in [-0.39, 0.29) is 5.91 Å². The zero-order valence-electron chi connectivity index (χ0n) is 9.14. The first-order chi connectivity index (χ1) is 8.27. The molecule has 0 aliphatic rings. The summed E-state index contributed by atoms with van der Waals surface area (Å²) in [5, 5.41) is 2.89. The lowest BCUT2D eigenvalue weighted by atomic mass is 10.2. The lowest BCUT2D eigenvalue weighted by molar-refractivity contribution is 0.0951. The SMILES string of the molecule is O=C(NCCn1cccc1)c1ccncc1I. The Labute approximate surface area is 113 Å². The molecule has 2 heterocycles. The van der Waals surface area contributed by atoms with Gasteiger partial charge < -0.3 is 9.88 Å². The van der Waals surface area contributed by atoms with Crippen LogP contribution in [0.2, 0.25) is 0 Å². The van der Waals surface area contributed by atoms with E-state index in [1.807, 2.05) is 29.1 Å². The first kappa shape index (κ1) is 12.1. The number of hydrogen-bond acceptors (Lipinski definition) is 2. The highest BCUT2D eigenvalue weighted by Gasteiger charge is 2.08. The average molecular weight is 341 g/mol. The Bertz CT molecular complexity index is 496. The largest absolute Gasteiger partial charge is 0.353 e. The van der Waals surface area contributed by atoms with Gasteiger partial charge in [0, 0.05) is 41.4 Å². The summed E-state index contributed by atoms with van der Waals surface area (Å²) in [6.45, 7) is 1.40. The van der Waals surface area contributed by atoms with Crippen LogP contribution in [0.3, 0.4) is 0 Å². The van der Waals surface area contributed by atoms with Gasteiger partial charge in [0.2, 0.25) is 0 Å². The summed E-state index contributed by atoms with van der Waals surface area (Å²) in [7, 11) is 0. The highest BCUT2D eigenvalue weighted by molar-refractivity contribution is 14.1. The standard InChI is InChI=1S/C12H12IN3O/c13-11-9-14-4-3-10(11)12(17)15-5-8-16-6-1-2-7-16/h1-4,6-7,9H,5,8H2,(H,15,17). The topological polar surface area (TPSA) is 46.9 Å². The minimum atomic E-state index is -0.0519. The van der Waals surface area contributed by atoms with Crippen molar-refractivity contribution in [3.05, 3.63) is 52.1 Å². The number of nitrogens with one attached hydrogen (secondary N) is 1. The van der Waals surface area contributed by atoms with E-state index in [1.165, 1.54) is 0 Å². The van der Waals surface area contributed by atoms with Gasteiger partial charge in [0.25, 0.3) is 5.91 Å². The summed E-state index contributed by atoms with van der Waals surface area (Å²) >= 11 is 2.11. The maximum Gasteiger partial charge on any atom is 0.252 e. The highest BCUT2D eigenvalue weighted by atomic mass is 127. The quantitative estimate of drug-likeness (QED) is 0.864. The molecule has 0 atom stereocenters. The van der Waals surface area contributed by atoms with Crippen LogP contribution in [0.4, 0.5) is 0 Å². The van der Waals surface area contributed by atoms with E-state index >= 15 is 0 Å². The van der Waals surface area contributed by atoms with Crippen molar-refractivity contribution in [2.24, 2.45) is 0 Å². The molecular formula is C12H12IN3O. The van der Waals surface area contributed by atoms with Crippen LogP contribution < -0.4 is 5.32 Å². The number of halogens is 1. The summed E-state index contributed by atoms with van der Waals surface area (Å²) in [6, 6.07) is 5.66. The molecule has 0 spiro atoms. The molecule has 4 nitrogen and oxygen atoms in total. The monoisotopic (exact) mass is 341 g/mol. The Morgan fingerprint density at radius 1 is 1.41 bits per heavy atom. The smallest absolute Gasteiger partial charge is 0.252 e. The van der Waals surface area contributed by atoms with Crippen molar-refractivity contribution in [1.29, 1.82) is 0 Å². The second-order valence-electron chi connectivity index (χ2n) is 3.53. The van der Waals surface area contributed by atoms with Crippen molar-refractivity contribution in [2.45, 2.75) is 6.54 Å². The molecule has 0 aromatic carbocycles. The second kappa shape index (κ2) is 5.81. The van der Waals surface area contributed by atoms with Crippen molar-refractivity contribution in [3.63, 3.8) is 0 Å². The third-order valence-electron chi connectivity index (χ3n) is 2.34. The fourth-order valence-corrected chi connectivity index (χ4v) is 2.06. The van der Waals surface area contributed by atoms with Gasteiger partial charge in [-0.1, -0.05) is 0 Å². The predicted octanol–water partition coefficient (Wildman–Crippen LogP) is 1.92. The molecule has 5 heteroatoms. The second-order valence-corrected chi connectivity index (χ2v) is 4.69.